The monoisotopic (exact) mass is 334 g/mol. The van der Waals surface area contributed by atoms with Gasteiger partial charge in [0.05, 0.1) is 13.2 Å². The molecular formula is C20H27ClO2. The number of benzene rings is 2. The molecule has 0 fully saturated rings. The molecule has 0 heterocycles. The van der Waals surface area contributed by atoms with Gasteiger partial charge in [0.2, 0.25) is 0 Å². The van der Waals surface area contributed by atoms with Crippen LogP contribution in [-0.2, 0) is 0 Å². The fourth-order valence-electron chi connectivity index (χ4n) is 2.67. The molecule has 126 valence electrons. The third-order valence-corrected chi connectivity index (χ3v) is 4.53. The smallest absolute Gasteiger partial charge is 0.127 e. The molecule has 3 heteroatoms. The topological polar surface area (TPSA) is 18.5 Å². The van der Waals surface area contributed by atoms with Crippen molar-refractivity contribution in [1.29, 1.82) is 0 Å². The Balaban J connectivity index is 2.05. The first kappa shape index (κ1) is 17.9. The molecule has 0 radical (unpaired) electrons. The number of ether oxygens (including phenoxy) is 2. The van der Waals surface area contributed by atoms with Crippen molar-refractivity contribution >= 4 is 22.4 Å². The Kier molecular flexibility index (Phi) is 7.04. The molecule has 0 saturated heterocycles. The minimum absolute atomic E-state index is 0.295. The van der Waals surface area contributed by atoms with Crippen LogP contribution in [0.4, 0.5) is 0 Å². The van der Waals surface area contributed by atoms with E-state index in [-0.39, 0.29) is 0 Å². The lowest BCUT2D eigenvalue weighted by molar-refractivity contribution is 0.307. The van der Waals surface area contributed by atoms with E-state index in [2.05, 4.69) is 32.0 Å². The fraction of sp³-hybridized carbons (Fsp3) is 0.500. The van der Waals surface area contributed by atoms with Gasteiger partial charge in [-0.25, -0.2) is 0 Å². The summed E-state index contributed by atoms with van der Waals surface area (Å²) < 4.78 is 11.7. The Hall–Kier alpha value is -1.41. The van der Waals surface area contributed by atoms with Crippen molar-refractivity contribution in [3.63, 3.8) is 0 Å². The summed E-state index contributed by atoms with van der Waals surface area (Å²) in [5, 5.41) is 2.53. The summed E-state index contributed by atoms with van der Waals surface area (Å²) in [6.07, 6.45) is 4.23. The van der Waals surface area contributed by atoms with Gasteiger partial charge in [-0.05, 0) is 57.7 Å². The van der Waals surface area contributed by atoms with E-state index in [9.17, 15) is 0 Å². The van der Waals surface area contributed by atoms with Crippen LogP contribution >= 0.6 is 11.6 Å². The Morgan fingerprint density at radius 3 is 2.39 bits per heavy atom. The average molecular weight is 335 g/mol. The molecule has 1 atom stereocenters. The molecule has 0 amide bonds. The number of aryl methyl sites for hydroxylation is 1. The van der Waals surface area contributed by atoms with E-state index in [0.29, 0.717) is 12.0 Å². The van der Waals surface area contributed by atoms with Crippen LogP contribution in [-0.4, -0.2) is 18.6 Å². The molecule has 0 bridgehead atoms. The lowest BCUT2D eigenvalue weighted by Gasteiger charge is -2.14. The van der Waals surface area contributed by atoms with Crippen molar-refractivity contribution in [2.45, 2.75) is 51.8 Å². The highest BCUT2D eigenvalue weighted by atomic mass is 35.5. The van der Waals surface area contributed by atoms with E-state index >= 15 is 0 Å². The van der Waals surface area contributed by atoms with Gasteiger partial charge in [0, 0.05) is 16.1 Å². The molecule has 1 unspecified atom stereocenters. The van der Waals surface area contributed by atoms with Crippen molar-refractivity contribution < 1.29 is 9.47 Å². The van der Waals surface area contributed by atoms with Crippen LogP contribution in [0.15, 0.2) is 30.3 Å². The summed E-state index contributed by atoms with van der Waals surface area (Å²) in [5.74, 6) is 1.85. The lowest BCUT2D eigenvalue weighted by Crippen LogP contribution is -2.01. The average Bonchev–Trinajstić information content (AvgIpc) is 2.56. The number of hydrogen-bond acceptors (Lipinski definition) is 2. The second-order valence-corrected chi connectivity index (χ2v) is 6.51. The fourth-order valence-corrected chi connectivity index (χ4v) is 2.82. The predicted octanol–water partition coefficient (Wildman–Crippen LogP) is 6.11. The molecule has 0 spiro atoms. The van der Waals surface area contributed by atoms with Crippen LogP contribution in [0.5, 0.6) is 11.5 Å². The van der Waals surface area contributed by atoms with Crippen LogP contribution < -0.4 is 9.47 Å². The summed E-state index contributed by atoms with van der Waals surface area (Å²) in [4.78, 5) is 0. The van der Waals surface area contributed by atoms with Gasteiger partial charge in [0.1, 0.15) is 11.5 Å². The second kappa shape index (κ2) is 9.02. The van der Waals surface area contributed by atoms with Crippen molar-refractivity contribution in [3.05, 3.63) is 35.9 Å². The van der Waals surface area contributed by atoms with E-state index in [0.717, 1.165) is 54.6 Å². The first-order chi connectivity index (χ1) is 11.2. The van der Waals surface area contributed by atoms with Crippen molar-refractivity contribution in [2.75, 3.05) is 13.2 Å². The van der Waals surface area contributed by atoms with Crippen molar-refractivity contribution in [2.24, 2.45) is 0 Å². The summed E-state index contributed by atoms with van der Waals surface area (Å²) in [7, 11) is 0. The molecule has 0 saturated carbocycles. The SMILES string of the molecule is CCOc1ccc(OCCCCC(Cl)CC)c2cc(C)ccc12. The molecule has 23 heavy (non-hydrogen) atoms. The van der Waals surface area contributed by atoms with Gasteiger partial charge < -0.3 is 9.47 Å². The molecule has 2 aromatic rings. The predicted molar refractivity (Wildman–Crippen MR) is 99.1 cm³/mol. The summed E-state index contributed by atoms with van der Waals surface area (Å²) in [5.41, 5.74) is 1.23. The zero-order valence-electron chi connectivity index (χ0n) is 14.4. The van der Waals surface area contributed by atoms with Crippen LogP contribution in [0.3, 0.4) is 0 Å². The maximum Gasteiger partial charge on any atom is 0.127 e. The Labute approximate surface area is 144 Å². The molecule has 0 aromatic heterocycles. The largest absolute Gasteiger partial charge is 0.493 e. The number of hydrogen-bond donors (Lipinski definition) is 0. The summed E-state index contributed by atoms with van der Waals surface area (Å²) >= 11 is 6.15. The number of alkyl halides is 1. The first-order valence-corrected chi connectivity index (χ1v) is 9.02. The third kappa shape index (κ3) is 5.04. The molecular weight excluding hydrogens is 308 g/mol. The van der Waals surface area contributed by atoms with Crippen molar-refractivity contribution in [1.82, 2.24) is 0 Å². The quantitative estimate of drug-likeness (QED) is 0.406. The Bertz CT molecular complexity index is 624. The molecule has 2 rings (SSSR count). The summed E-state index contributed by atoms with van der Waals surface area (Å²) in [6, 6.07) is 10.4. The van der Waals surface area contributed by atoms with E-state index in [1.807, 2.05) is 19.1 Å². The number of unbranched alkanes of at least 4 members (excludes halogenated alkanes) is 1. The van der Waals surface area contributed by atoms with Gasteiger partial charge in [-0.1, -0.05) is 24.6 Å². The van der Waals surface area contributed by atoms with Gasteiger partial charge >= 0.3 is 0 Å². The molecule has 0 aliphatic rings. The number of fused-ring (bicyclic) bond motifs is 1. The van der Waals surface area contributed by atoms with E-state index in [4.69, 9.17) is 21.1 Å². The zero-order valence-corrected chi connectivity index (χ0v) is 15.2. The highest BCUT2D eigenvalue weighted by molar-refractivity contribution is 6.20. The van der Waals surface area contributed by atoms with Crippen LogP contribution in [0.1, 0.15) is 45.1 Å². The minimum atomic E-state index is 0.295. The van der Waals surface area contributed by atoms with Crippen LogP contribution in [0, 0.1) is 6.92 Å². The second-order valence-electron chi connectivity index (χ2n) is 5.89. The maximum absolute atomic E-state index is 6.15. The Morgan fingerprint density at radius 2 is 1.70 bits per heavy atom. The van der Waals surface area contributed by atoms with E-state index < -0.39 is 0 Å². The van der Waals surface area contributed by atoms with Gasteiger partial charge in [-0.3, -0.25) is 0 Å². The number of halogens is 1. The van der Waals surface area contributed by atoms with E-state index in [1.54, 1.807) is 0 Å². The van der Waals surface area contributed by atoms with Gasteiger partial charge in [0.25, 0.3) is 0 Å². The van der Waals surface area contributed by atoms with Crippen LogP contribution in [0.25, 0.3) is 10.8 Å². The van der Waals surface area contributed by atoms with Gasteiger partial charge in [-0.15, -0.1) is 11.6 Å². The molecule has 0 aliphatic heterocycles. The molecule has 0 N–H and O–H groups in total. The van der Waals surface area contributed by atoms with Crippen molar-refractivity contribution in [3.8, 4) is 11.5 Å². The van der Waals surface area contributed by atoms with E-state index in [1.165, 1.54) is 5.56 Å². The molecule has 0 aliphatic carbocycles. The molecule has 2 nitrogen and oxygen atoms in total. The highest BCUT2D eigenvalue weighted by Crippen LogP contribution is 2.34. The Morgan fingerprint density at radius 1 is 0.957 bits per heavy atom. The summed E-state index contributed by atoms with van der Waals surface area (Å²) in [6.45, 7) is 7.62. The third-order valence-electron chi connectivity index (χ3n) is 4.00. The van der Waals surface area contributed by atoms with Gasteiger partial charge in [0.15, 0.2) is 0 Å². The zero-order chi connectivity index (χ0) is 16.7. The highest BCUT2D eigenvalue weighted by Gasteiger charge is 2.08. The standard InChI is InChI=1S/C20H27ClO2/c1-4-16(21)8-6-7-13-23-20-12-11-19(22-5-2)17-10-9-15(3)14-18(17)20/h9-12,14,16H,4-8,13H2,1-3H3. The van der Waals surface area contributed by atoms with Gasteiger partial charge in [-0.2, -0.15) is 0 Å². The first-order valence-electron chi connectivity index (χ1n) is 8.58. The number of rotatable bonds is 9. The minimum Gasteiger partial charge on any atom is -0.493 e. The lowest BCUT2D eigenvalue weighted by atomic mass is 10.1. The maximum atomic E-state index is 6.15. The van der Waals surface area contributed by atoms with Crippen LogP contribution in [0.2, 0.25) is 0 Å². The normalized spacial score (nSPS) is 12.3. The molecule has 2 aromatic carbocycles.